The number of pyridine rings is 2. The van der Waals surface area contributed by atoms with Crippen molar-refractivity contribution in [1.82, 2.24) is 19.7 Å². The molecule has 0 saturated heterocycles. The standard InChI is InChI=1S/C21H22N4.C4H7F/c1-4-16(2)21-20(18-10-13-22-14-11-18)19(25(3)24-21)9-5-7-17-8-6-12-23-15-17;1-3-4(2)5/h4-6,8-15H,7H2,1-3H3;3-4H,1H2,2H3/b9-5+,16-4+;. The molecule has 30 heavy (non-hydrogen) atoms. The number of nitrogens with zero attached hydrogens (tertiary/aromatic N) is 4. The van der Waals surface area contributed by atoms with Crippen LogP contribution in [0.1, 0.15) is 37.7 Å². The molecule has 0 amide bonds. The van der Waals surface area contributed by atoms with Gasteiger partial charge in [-0.1, -0.05) is 24.3 Å². The van der Waals surface area contributed by atoms with E-state index in [0.29, 0.717) is 0 Å². The summed E-state index contributed by atoms with van der Waals surface area (Å²) in [5, 5.41) is 4.75. The Kier molecular flexibility index (Phi) is 8.88. The summed E-state index contributed by atoms with van der Waals surface area (Å²) in [6.07, 6.45) is 15.0. The zero-order valence-corrected chi connectivity index (χ0v) is 18.1. The largest absolute Gasteiger partial charge is 0.267 e. The van der Waals surface area contributed by atoms with E-state index in [9.17, 15) is 4.39 Å². The predicted octanol–water partition coefficient (Wildman–Crippen LogP) is 6.09. The summed E-state index contributed by atoms with van der Waals surface area (Å²) in [5.41, 5.74) is 6.72. The molecule has 4 nitrogen and oxygen atoms in total. The molecule has 0 aromatic carbocycles. The maximum absolute atomic E-state index is 11.3. The first kappa shape index (κ1) is 22.9. The van der Waals surface area contributed by atoms with Gasteiger partial charge in [-0.2, -0.15) is 5.10 Å². The Balaban J connectivity index is 0.000000575. The fraction of sp³-hybridized carbons (Fsp3) is 0.240. The lowest BCUT2D eigenvalue weighted by atomic mass is 10.00. The third-order valence-corrected chi connectivity index (χ3v) is 4.54. The Morgan fingerprint density at radius 2 is 1.90 bits per heavy atom. The van der Waals surface area contributed by atoms with Crippen LogP contribution in [-0.4, -0.2) is 25.9 Å². The van der Waals surface area contributed by atoms with Gasteiger partial charge in [-0.15, -0.1) is 6.58 Å². The van der Waals surface area contributed by atoms with Gasteiger partial charge < -0.3 is 0 Å². The molecule has 0 aliphatic heterocycles. The van der Waals surface area contributed by atoms with Gasteiger partial charge in [0.25, 0.3) is 0 Å². The van der Waals surface area contributed by atoms with Crippen molar-refractivity contribution in [1.29, 1.82) is 0 Å². The summed E-state index contributed by atoms with van der Waals surface area (Å²) in [6.45, 7) is 8.76. The zero-order valence-electron chi connectivity index (χ0n) is 18.1. The Bertz CT molecular complexity index is 987. The average Bonchev–Trinajstić information content (AvgIpc) is 3.11. The van der Waals surface area contributed by atoms with E-state index in [-0.39, 0.29) is 0 Å². The maximum Gasteiger partial charge on any atom is 0.115 e. The summed E-state index contributed by atoms with van der Waals surface area (Å²) in [5.74, 6) is 0. The Morgan fingerprint density at radius 3 is 2.47 bits per heavy atom. The van der Waals surface area contributed by atoms with Gasteiger partial charge in [0.15, 0.2) is 0 Å². The number of hydrogen-bond acceptors (Lipinski definition) is 3. The second-order valence-corrected chi connectivity index (χ2v) is 6.82. The number of rotatable bonds is 6. The van der Waals surface area contributed by atoms with Crippen molar-refractivity contribution in [3.63, 3.8) is 0 Å². The summed E-state index contributed by atoms with van der Waals surface area (Å²) in [7, 11) is 1.99. The molecule has 3 aromatic heterocycles. The summed E-state index contributed by atoms with van der Waals surface area (Å²) in [6, 6.07) is 8.10. The lowest BCUT2D eigenvalue weighted by Gasteiger charge is -2.05. The average molecular weight is 405 g/mol. The number of aromatic nitrogens is 4. The van der Waals surface area contributed by atoms with E-state index < -0.39 is 6.17 Å². The summed E-state index contributed by atoms with van der Waals surface area (Å²) >= 11 is 0. The van der Waals surface area contributed by atoms with E-state index in [1.807, 2.05) is 55.4 Å². The molecule has 1 unspecified atom stereocenters. The quantitative estimate of drug-likeness (QED) is 0.467. The minimum atomic E-state index is -0.852. The topological polar surface area (TPSA) is 43.6 Å². The fourth-order valence-electron chi connectivity index (χ4n) is 2.77. The number of allylic oxidation sites excluding steroid dienone is 4. The number of hydrogen-bond donors (Lipinski definition) is 0. The number of aryl methyl sites for hydroxylation is 1. The molecule has 156 valence electrons. The monoisotopic (exact) mass is 404 g/mol. The molecule has 5 heteroatoms. The van der Waals surface area contributed by atoms with Crippen molar-refractivity contribution < 1.29 is 4.39 Å². The second-order valence-electron chi connectivity index (χ2n) is 6.82. The molecule has 3 heterocycles. The molecular formula is C25H29FN4. The van der Waals surface area contributed by atoms with Crippen LogP contribution in [0.15, 0.2) is 73.9 Å². The van der Waals surface area contributed by atoms with Crippen molar-refractivity contribution in [2.75, 3.05) is 0 Å². The van der Waals surface area contributed by atoms with E-state index in [4.69, 9.17) is 5.10 Å². The highest BCUT2D eigenvalue weighted by Crippen LogP contribution is 2.32. The van der Waals surface area contributed by atoms with Crippen LogP contribution in [-0.2, 0) is 13.5 Å². The van der Waals surface area contributed by atoms with Crippen molar-refractivity contribution in [3.8, 4) is 11.1 Å². The van der Waals surface area contributed by atoms with Crippen LogP contribution in [0.25, 0.3) is 22.8 Å². The number of alkyl halides is 1. The SMILES string of the molecule is C/C=C(\C)c1nn(C)c(/C=C/Cc2cccnc2)c1-c1ccncc1.C=CC(C)F. The van der Waals surface area contributed by atoms with E-state index >= 15 is 0 Å². The summed E-state index contributed by atoms with van der Waals surface area (Å²) < 4.78 is 13.3. The highest BCUT2D eigenvalue weighted by molar-refractivity contribution is 5.84. The second kappa shape index (κ2) is 11.6. The maximum atomic E-state index is 11.3. The number of halogens is 1. The molecule has 0 spiro atoms. The van der Waals surface area contributed by atoms with Crippen LogP contribution in [0.3, 0.4) is 0 Å². The summed E-state index contributed by atoms with van der Waals surface area (Å²) in [4.78, 5) is 8.30. The molecule has 1 atom stereocenters. The lowest BCUT2D eigenvalue weighted by molar-refractivity contribution is 0.431. The van der Waals surface area contributed by atoms with Gasteiger partial charge in [-0.25, -0.2) is 4.39 Å². The Hall–Kier alpha value is -3.34. The molecule has 0 fully saturated rings. The molecule has 0 bridgehead atoms. The minimum Gasteiger partial charge on any atom is -0.267 e. The van der Waals surface area contributed by atoms with Crippen LogP contribution in [0.4, 0.5) is 4.39 Å². The van der Waals surface area contributed by atoms with E-state index in [1.54, 1.807) is 6.20 Å². The van der Waals surface area contributed by atoms with Crippen LogP contribution < -0.4 is 0 Å². The molecule has 3 aromatic rings. The molecule has 0 radical (unpaired) electrons. The van der Waals surface area contributed by atoms with Crippen LogP contribution >= 0.6 is 0 Å². The first-order valence-electron chi connectivity index (χ1n) is 9.90. The minimum absolute atomic E-state index is 0.840. The predicted molar refractivity (Wildman–Crippen MR) is 124 cm³/mol. The third kappa shape index (κ3) is 6.34. The van der Waals surface area contributed by atoms with Crippen LogP contribution in [0, 0.1) is 0 Å². The first-order valence-corrected chi connectivity index (χ1v) is 9.90. The van der Waals surface area contributed by atoms with Gasteiger partial charge >= 0.3 is 0 Å². The molecule has 0 N–H and O–H groups in total. The van der Waals surface area contributed by atoms with Gasteiger partial charge in [-0.05, 0) is 68.2 Å². The fourth-order valence-corrected chi connectivity index (χ4v) is 2.77. The highest BCUT2D eigenvalue weighted by Gasteiger charge is 2.16. The Morgan fingerprint density at radius 1 is 1.20 bits per heavy atom. The Labute approximate surface area is 178 Å². The third-order valence-electron chi connectivity index (χ3n) is 4.54. The zero-order chi connectivity index (χ0) is 21.9. The van der Waals surface area contributed by atoms with Gasteiger partial charge in [0.05, 0.1) is 11.4 Å². The van der Waals surface area contributed by atoms with Crippen LogP contribution in [0.5, 0.6) is 0 Å². The van der Waals surface area contributed by atoms with Gasteiger partial charge in [0.1, 0.15) is 6.17 Å². The van der Waals surface area contributed by atoms with Crippen molar-refractivity contribution >= 4 is 11.6 Å². The highest BCUT2D eigenvalue weighted by atomic mass is 19.1. The molecule has 0 aliphatic carbocycles. The van der Waals surface area contributed by atoms with E-state index in [2.05, 4.69) is 47.8 Å². The van der Waals surface area contributed by atoms with Crippen LogP contribution in [0.2, 0.25) is 0 Å². The van der Waals surface area contributed by atoms with Crippen molar-refractivity contribution in [2.45, 2.75) is 33.4 Å². The van der Waals surface area contributed by atoms with Gasteiger partial charge in [0.2, 0.25) is 0 Å². The molecular weight excluding hydrogens is 375 g/mol. The molecule has 0 saturated carbocycles. The molecule has 0 aliphatic rings. The lowest BCUT2D eigenvalue weighted by Crippen LogP contribution is -1.94. The van der Waals surface area contributed by atoms with E-state index in [1.165, 1.54) is 18.6 Å². The van der Waals surface area contributed by atoms with Gasteiger partial charge in [0, 0.05) is 37.4 Å². The first-order chi connectivity index (χ1) is 14.5. The van der Waals surface area contributed by atoms with E-state index in [0.717, 1.165) is 34.5 Å². The smallest absolute Gasteiger partial charge is 0.115 e. The van der Waals surface area contributed by atoms with Crippen molar-refractivity contribution in [2.24, 2.45) is 7.05 Å². The van der Waals surface area contributed by atoms with Crippen molar-refractivity contribution in [3.05, 3.63) is 90.8 Å². The van der Waals surface area contributed by atoms with Gasteiger partial charge in [-0.3, -0.25) is 14.6 Å². The molecule has 3 rings (SSSR count). The normalized spacial score (nSPS) is 12.4.